The normalized spacial score (nSPS) is 19.4. The van der Waals surface area contributed by atoms with Crippen molar-refractivity contribution in [2.75, 3.05) is 0 Å². The van der Waals surface area contributed by atoms with Crippen LogP contribution >= 0.6 is 11.6 Å². The fraction of sp³-hybridized carbons (Fsp3) is 0.533. The van der Waals surface area contributed by atoms with Gasteiger partial charge in [-0.2, -0.15) is 0 Å². The lowest BCUT2D eigenvalue weighted by atomic mass is 9.71. The molecule has 1 aromatic carbocycles. The molecule has 1 aliphatic rings. The van der Waals surface area contributed by atoms with Crippen molar-refractivity contribution < 1.29 is 13.6 Å². The van der Waals surface area contributed by atoms with Gasteiger partial charge in [0, 0.05) is 5.92 Å². The molecule has 2 rings (SSSR count). The monoisotopic (exact) mass is 286 g/mol. The summed E-state index contributed by atoms with van der Waals surface area (Å²) in [7, 11) is 0. The molecule has 19 heavy (non-hydrogen) atoms. The quantitative estimate of drug-likeness (QED) is 0.551. The van der Waals surface area contributed by atoms with Crippen LogP contribution in [0.2, 0.25) is 5.02 Å². The second kappa shape index (κ2) is 5.20. The van der Waals surface area contributed by atoms with E-state index in [9.17, 15) is 13.6 Å². The largest absolute Gasteiger partial charge is 0.294 e. The molecule has 1 aliphatic carbocycles. The summed E-state index contributed by atoms with van der Waals surface area (Å²) in [4.78, 5) is 12.3. The fourth-order valence-corrected chi connectivity index (χ4v) is 2.86. The van der Waals surface area contributed by atoms with E-state index in [0.717, 1.165) is 18.9 Å². The van der Waals surface area contributed by atoms with Crippen LogP contribution in [0, 0.1) is 23.0 Å². The number of carbonyl (C=O) groups excluding carboxylic acids is 1. The third-order valence-electron chi connectivity index (χ3n) is 4.00. The van der Waals surface area contributed by atoms with Crippen molar-refractivity contribution in [2.24, 2.45) is 11.3 Å². The smallest absolute Gasteiger partial charge is 0.171 e. The van der Waals surface area contributed by atoms with Crippen molar-refractivity contribution in [2.45, 2.75) is 39.5 Å². The minimum absolute atomic E-state index is 0.00580. The van der Waals surface area contributed by atoms with E-state index in [0.29, 0.717) is 12.8 Å². The zero-order chi connectivity index (χ0) is 14.2. The number of hydrogen-bond donors (Lipinski definition) is 0. The van der Waals surface area contributed by atoms with Crippen LogP contribution in [0.5, 0.6) is 0 Å². The van der Waals surface area contributed by atoms with Gasteiger partial charge in [0.25, 0.3) is 0 Å². The minimum Gasteiger partial charge on any atom is -0.294 e. The Bertz CT molecular complexity index is 501. The van der Waals surface area contributed by atoms with Gasteiger partial charge in [0.1, 0.15) is 0 Å². The van der Waals surface area contributed by atoms with Crippen LogP contribution in [-0.4, -0.2) is 5.78 Å². The van der Waals surface area contributed by atoms with Crippen molar-refractivity contribution in [1.82, 2.24) is 0 Å². The molecule has 1 fully saturated rings. The molecule has 0 spiro atoms. The molecule has 0 radical (unpaired) electrons. The molecule has 0 bridgehead atoms. The molecular formula is C15H17ClF2O. The van der Waals surface area contributed by atoms with E-state index in [1.54, 1.807) is 0 Å². The molecule has 1 aromatic rings. The molecule has 0 N–H and O–H groups in total. The topological polar surface area (TPSA) is 17.1 Å². The van der Waals surface area contributed by atoms with Gasteiger partial charge in [0.05, 0.1) is 10.6 Å². The number of ketones is 1. The average Bonchev–Trinajstić information content (AvgIpc) is 2.34. The van der Waals surface area contributed by atoms with Crippen molar-refractivity contribution in [3.8, 4) is 0 Å². The van der Waals surface area contributed by atoms with Gasteiger partial charge in [-0.3, -0.25) is 4.79 Å². The van der Waals surface area contributed by atoms with Crippen LogP contribution < -0.4 is 0 Å². The Morgan fingerprint density at radius 1 is 1.26 bits per heavy atom. The first-order chi connectivity index (χ1) is 8.82. The minimum atomic E-state index is -1.12. The maximum absolute atomic E-state index is 13.7. The molecule has 0 aromatic heterocycles. The van der Waals surface area contributed by atoms with Gasteiger partial charge in [0.2, 0.25) is 0 Å². The summed E-state index contributed by atoms with van der Waals surface area (Å²) in [6.45, 7) is 4.31. The highest BCUT2D eigenvalue weighted by molar-refractivity contribution is 6.34. The van der Waals surface area contributed by atoms with Gasteiger partial charge in [-0.05, 0) is 43.2 Å². The molecule has 104 valence electrons. The van der Waals surface area contributed by atoms with Gasteiger partial charge in [-0.15, -0.1) is 0 Å². The third kappa shape index (κ3) is 2.97. The average molecular weight is 287 g/mol. The second-order valence-corrected chi connectivity index (χ2v) is 6.43. The summed E-state index contributed by atoms with van der Waals surface area (Å²) in [6.07, 6.45) is 3.24. The second-order valence-electron chi connectivity index (χ2n) is 6.02. The lowest BCUT2D eigenvalue weighted by Gasteiger charge is -2.33. The van der Waals surface area contributed by atoms with Crippen LogP contribution in [0.4, 0.5) is 8.78 Å². The van der Waals surface area contributed by atoms with E-state index in [1.165, 1.54) is 6.07 Å². The van der Waals surface area contributed by atoms with Crippen molar-refractivity contribution in [3.05, 3.63) is 34.4 Å². The van der Waals surface area contributed by atoms with Gasteiger partial charge >= 0.3 is 0 Å². The molecule has 1 saturated carbocycles. The highest BCUT2D eigenvalue weighted by Crippen LogP contribution is 2.40. The highest BCUT2D eigenvalue weighted by Gasteiger charge is 2.33. The first-order valence-corrected chi connectivity index (χ1v) is 6.87. The molecule has 0 atom stereocenters. The third-order valence-corrected chi connectivity index (χ3v) is 4.32. The summed E-state index contributed by atoms with van der Waals surface area (Å²) in [5.41, 5.74) is -0.0625. The van der Waals surface area contributed by atoms with Gasteiger partial charge in [-0.25, -0.2) is 8.78 Å². The molecule has 1 nitrogen and oxygen atoms in total. The Kier molecular flexibility index (Phi) is 3.95. The Balaban J connectivity index is 2.24. The highest BCUT2D eigenvalue weighted by atomic mass is 35.5. The predicted molar refractivity (Wildman–Crippen MR) is 71.4 cm³/mol. The molecule has 0 amide bonds. The van der Waals surface area contributed by atoms with Gasteiger partial charge < -0.3 is 0 Å². The lowest BCUT2D eigenvalue weighted by molar-refractivity contribution is 0.0833. The standard InChI is InChI=1S/C15H17ClF2O/c1-15(2)7-5-9(6-8-15)14(19)12-10(16)3-4-11(17)13(12)18/h3-4,9H,5-8H2,1-2H3. The maximum Gasteiger partial charge on any atom is 0.171 e. The molecule has 0 heterocycles. The first kappa shape index (κ1) is 14.4. The summed E-state index contributed by atoms with van der Waals surface area (Å²) in [5, 5.41) is -0.00580. The van der Waals surface area contributed by atoms with Crippen LogP contribution in [0.3, 0.4) is 0 Å². The number of carbonyl (C=O) groups is 1. The number of halogens is 3. The molecular weight excluding hydrogens is 270 g/mol. The molecule has 4 heteroatoms. The van der Waals surface area contributed by atoms with Crippen LogP contribution in [-0.2, 0) is 0 Å². The van der Waals surface area contributed by atoms with E-state index in [1.807, 2.05) is 0 Å². The lowest BCUT2D eigenvalue weighted by Crippen LogP contribution is -2.27. The zero-order valence-electron chi connectivity index (χ0n) is 11.1. The number of hydrogen-bond acceptors (Lipinski definition) is 1. The van der Waals surface area contributed by atoms with E-state index in [-0.39, 0.29) is 27.7 Å². The van der Waals surface area contributed by atoms with Crippen molar-refractivity contribution in [3.63, 3.8) is 0 Å². The Hall–Kier alpha value is -0.960. The number of Topliss-reactive ketones (excluding diaryl/α,β-unsaturated/α-hetero) is 1. The van der Waals surface area contributed by atoms with E-state index in [2.05, 4.69) is 13.8 Å². The zero-order valence-corrected chi connectivity index (χ0v) is 11.9. The van der Waals surface area contributed by atoms with E-state index < -0.39 is 11.6 Å². The number of benzene rings is 1. The Morgan fingerprint density at radius 3 is 2.42 bits per heavy atom. The van der Waals surface area contributed by atoms with Crippen molar-refractivity contribution in [1.29, 1.82) is 0 Å². The van der Waals surface area contributed by atoms with Crippen LogP contribution in [0.1, 0.15) is 49.9 Å². The van der Waals surface area contributed by atoms with Gasteiger partial charge in [0.15, 0.2) is 17.4 Å². The Labute approximate surface area is 117 Å². The molecule has 0 unspecified atom stereocenters. The molecule has 0 saturated heterocycles. The summed E-state index contributed by atoms with van der Waals surface area (Å²) in [6, 6.07) is 2.18. The Morgan fingerprint density at radius 2 is 1.84 bits per heavy atom. The first-order valence-electron chi connectivity index (χ1n) is 6.49. The van der Waals surface area contributed by atoms with Crippen LogP contribution in [0.15, 0.2) is 12.1 Å². The fourth-order valence-electron chi connectivity index (χ4n) is 2.62. The predicted octanol–water partition coefficient (Wildman–Crippen LogP) is 5.02. The van der Waals surface area contributed by atoms with E-state index in [4.69, 9.17) is 11.6 Å². The van der Waals surface area contributed by atoms with Gasteiger partial charge in [-0.1, -0.05) is 25.4 Å². The summed E-state index contributed by atoms with van der Waals surface area (Å²) < 4.78 is 27.0. The van der Waals surface area contributed by atoms with Crippen LogP contribution in [0.25, 0.3) is 0 Å². The van der Waals surface area contributed by atoms with E-state index >= 15 is 0 Å². The SMILES string of the molecule is CC1(C)CCC(C(=O)c2c(Cl)ccc(F)c2F)CC1. The maximum atomic E-state index is 13.7. The summed E-state index contributed by atoms with van der Waals surface area (Å²) in [5.74, 6) is -2.76. The van der Waals surface area contributed by atoms with Crippen molar-refractivity contribution >= 4 is 17.4 Å². The summed E-state index contributed by atoms with van der Waals surface area (Å²) >= 11 is 5.84. The molecule has 0 aliphatic heterocycles. The number of rotatable bonds is 2.